The number of hydrogen-bond donors (Lipinski definition) is 1. The van der Waals surface area contributed by atoms with Crippen LogP contribution in [0.5, 0.6) is 11.5 Å². The Morgan fingerprint density at radius 1 is 1.17 bits per heavy atom. The molecule has 1 aromatic rings. The van der Waals surface area contributed by atoms with E-state index in [-0.39, 0.29) is 18.3 Å². The predicted molar refractivity (Wildman–Crippen MR) is 141 cm³/mol. The molecule has 0 radical (unpaired) electrons. The van der Waals surface area contributed by atoms with E-state index in [2.05, 4.69) is 21.2 Å². The van der Waals surface area contributed by atoms with Gasteiger partial charge in [-0.15, -0.1) is 0 Å². The van der Waals surface area contributed by atoms with E-state index in [9.17, 15) is 14.4 Å². The van der Waals surface area contributed by atoms with Gasteiger partial charge in [0.2, 0.25) is 0 Å². The van der Waals surface area contributed by atoms with Gasteiger partial charge in [0.15, 0.2) is 17.3 Å². The fraction of sp³-hybridized carbons (Fsp3) is 0.500. The first-order valence-corrected chi connectivity index (χ1v) is 13.6. The number of halogens is 1. The summed E-state index contributed by atoms with van der Waals surface area (Å²) in [6.45, 7) is 5.93. The molecule has 0 unspecified atom stereocenters. The summed E-state index contributed by atoms with van der Waals surface area (Å²) in [6, 6.07) is 3.48. The average molecular weight is 583 g/mol. The van der Waals surface area contributed by atoms with Crippen LogP contribution in [0.15, 0.2) is 39.1 Å². The van der Waals surface area contributed by atoms with Crippen LogP contribution in [-0.2, 0) is 23.9 Å². The number of hydrogen-bond acceptors (Lipinski definition) is 9. The van der Waals surface area contributed by atoms with Crippen molar-refractivity contribution in [3.63, 3.8) is 0 Å². The number of benzene rings is 1. The average Bonchev–Trinajstić information content (AvgIpc) is 2.85. The fourth-order valence-electron chi connectivity index (χ4n) is 4.77. The highest BCUT2D eigenvalue weighted by Gasteiger charge is 2.47. The van der Waals surface area contributed by atoms with Crippen molar-refractivity contribution in [3.8, 4) is 11.5 Å². The summed E-state index contributed by atoms with van der Waals surface area (Å²) in [7, 11) is 4.32. The van der Waals surface area contributed by atoms with Gasteiger partial charge in [-0.25, -0.2) is 4.79 Å². The van der Waals surface area contributed by atoms with Crippen molar-refractivity contribution >= 4 is 45.4 Å². The Labute approximate surface area is 224 Å². The minimum Gasteiger partial charge on any atom is -0.493 e. The van der Waals surface area contributed by atoms with Crippen molar-refractivity contribution in [3.05, 3.63) is 44.7 Å². The third-order valence-corrected chi connectivity index (χ3v) is 7.99. The molecule has 0 bridgehead atoms. The number of thioether (sulfide) groups is 1. The first kappa shape index (κ1) is 28.1. The van der Waals surface area contributed by atoms with Gasteiger partial charge < -0.3 is 24.3 Å². The van der Waals surface area contributed by atoms with E-state index < -0.39 is 23.8 Å². The van der Waals surface area contributed by atoms with Crippen LogP contribution in [0.1, 0.15) is 38.7 Å². The molecule has 1 aromatic carbocycles. The van der Waals surface area contributed by atoms with Gasteiger partial charge in [0.25, 0.3) is 0 Å². The zero-order valence-electron chi connectivity index (χ0n) is 21.4. The molecule has 36 heavy (non-hydrogen) atoms. The standard InChI is InChI=1S/C26H32BrNO7S/c1-7-36-9-8-35-26(31)21-14(3)28-17-10-13(2)20(25(30)34-6)24(29)23(17)22(21)15-11-18(32-4)19(33-5)12-16(15)27/h11-13,20,22,28H,7-10H2,1-6H3/t13-,20+,22+/m1/s1. The molecule has 0 amide bonds. The monoisotopic (exact) mass is 581 g/mol. The number of ketones is 1. The lowest BCUT2D eigenvalue weighted by molar-refractivity contribution is -0.151. The second-order valence-corrected chi connectivity index (χ2v) is 10.8. The molecule has 1 heterocycles. The van der Waals surface area contributed by atoms with Crippen LogP contribution in [-0.4, -0.2) is 57.2 Å². The molecule has 0 aromatic heterocycles. The third-order valence-electron chi connectivity index (χ3n) is 6.44. The van der Waals surface area contributed by atoms with E-state index in [1.165, 1.54) is 21.3 Å². The Morgan fingerprint density at radius 2 is 1.83 bits per heavy atom. The fourth-order valence-corrected chi connectivity index (χ4v) is 5.81. The van der Waals surface area contributed by atoms with Crippen molar-refractivity contribution < 1.29 is 33.3 Å². The smallest absolute Gasteiger partial charge is 0.336 e. The van der Waals surface area contributed by atoms with E-state index >= 15 is 0 Å². The van der Waals surface area contributed by atoms with Crippen molar-refractivity contribution in [2.75, 3.05) is 39.4 Å². The third kappa shape index (κ3) is 5.44. The highest BCUT2D eigenvalue weighted by Crippen LogP contribution is 2.49. The number of esters is 2. The van der Waals surface area contributed by atoms with Crippen LogP contribution >= 0.6 is 27.7 Å². The van der Waals surface area contributed by atoms with Gasteiger partial charge in [-0.1, -0.05) is 29.8 Å². The van der Waals surface area contributed by atoms with E-state index in [1.54, 1.807) is 30.8 Å². The summed E-state index contributed by atoms with van der Waals surface area (Å²) in [6.07, 6.45) is 0.453. The van der Waals surface area contributed by atoms with Crippen molar-refractivity contribution in [2.45, 2.75) is 33.1 Å². The van der Waals surface area contributed by atoms with Gasteiger partial charge in [-0.3, -0.25) is 9.59 Å². The van der Waals surface area contributed by atoms with Gasteiger partial charge in [0.05, 0.1) is 26.9 Å². The number of nitrogens with one attached hydrogen (secondary N) is 1. The first-order valence-electron chi connectivity index (χ1n) is 11.7. The van der Waals surface area contributed by atoms with Crippen LogP contribution < -0.4 is 14.8 Å². The number of ether oxygens (including phenoxy) is 4. The Hall–Kier alpha value is -2.46. The highest BCUT2D eigenvalue weighted by atomic mass is 79.9. The van der Waals surface area contributed by atoms with Crippen molar-refractivity contribution in [1.82, 2.24) is 5.32 Å². The summed E-state index contributed by atoms with van der Waals surface area (Å²) in [5, 5.41) is 3.27. The molecular weight excluding hydrogens is 550 g/mol. The van der Waals surface area contributed by atoms with Crippen molar-refractivity contribution in [1.29, 1.82) is 0 Å². The topological polar surface area (TPSA) is 100 Å². The molecule has 196 valence electrons. The normalized spacial score (nSPS) is 21.5. The molecule has 1 N–H and O–H groups in total. The van der Waals surface area contributed by atoms with Gasteiger partial charge in [0, 0.05) is 33.1 Å². The number of rotatable bonds is 9. The second-order valence-electron chi connectivity index (χ2n) is 8.60. The molecule has 2 aliphatic rings. The number of carbonyl (C=O) groups is 3. The summed E-state index contributed by atoms with van der Waals surface area (Å²) in [4.78, 5) is 39.9. The van der Waals surface area contributed by atoms with Crippen LogP contribution in [0.25, 0.3) is 0 Å². The van der Waals surface area contributed by atoms with E-state index in [0.29, 0.717) is 56.2 Å². The zero-order valence-corrected chi connectivity index (χ0v) is 23.8. The quantitative estimate of drug-likeness (QED) is 0.258. The van der Waals surface area contributed by atoms with Gasteiger partial charge >= 0.3 is 11.9 Å². The number of carbonyl (C=O) groups excluding carboxylic acids is 3. The highest BCUT2D eigenvalue weighted by molar-refractivity contribution is 9.10. The maximum atomic E-state index is 13.9. The molecule has 3 rings (SSSR count). The summed E-state index contributed by atoms with van der Waals surface area (Å²) >= 11 is 5.27. The maximum Gasteiger partial charge on any atom is 0.336 e. The number of dihydropyridines is 1. The van der Waals surface area contributed by atoms with Gasteiger partial charge in [-0.2, -0.15) is 11.8 Å². The van der Waals surface area contributed by atoms with E-state index in [1.807, 2.05) is 13.8 Å². The zero-order chi connectivity index (χ0) is 26.6. The largest absolute Gasteiger partial charge is 0.493 e. The lowest BCUT2D eigenvalue weighted by Gasteiger charge is -2.38. The molecule has 0 spiro atoms. The van der Waals surface area contributed by atoms with E-state index in [0.717, 1.165) is 5.75 Å². The molecule has 0 saturated heterocycles. The Kier molecular flexibility index (Phi) is 9.52. The van der Waals surface area contributed by atoms with Gasteiger partial charge in [0.1, 0.15) is 12.5 Å². The summed E-state index contributed by atoms with van der Waals surface area (Å²) in [5.41, 5.74) is 2.59. The molecule has 1 aliphatic heterocycles. The molecule has 10 heteroatoms. The molecule has 0 fully saturated rings. The van der Waals surface area contributed by atoms with Crippen LogP contribution in [0.2, 0.25) is 0 Å². The van der Waals surface area contributed by atoms with Crippen molar-refractivity contribution in [2.24, 2.45) is 11.8 Å². The molecule has 8 nitrogen and oxygen atoms in total. The van der Waals surface area contributed by atoms with Crippen LogP contribution in [0, 0.1) is 11.8 Å². The number of Topliss-reactive ketones (excluding diaryl/α,β-unsaturated/α-hetero) is 1. The second kappa shape index (κ2) is 12.2. The molecular formula is C26H32BrNO7S. The van der Waals surface area contributed by atoms with Crippen LogP contribution in [0.4, 0.5) is 0 Å². The summed E-state index contributed by atoms with van der Waals surface area (Å²) < 4.78 is 22.2. The number of allylic oxidation sites excluding steroid dienone is 3. The lowest BCUT2D eigenvalue weighted by Crippen LogP contribution is -2.43. The maximum absolute atomic E-state index is 13.9. The summed E-state index contributed by atoms with van der Waals surface area (Å²) in [5.74, 6) is -0.959. The Balaban J connectivity index is 2.19. The lowest BCUT2D eigenvalue weighted by atomic mass is 9.69. The first-order chi connectivity index (χ1) is 17.2. The number of methoxy groups -OCH3 is 3. The molecule has 0 saturated carbocycles. The minimum atomic E-state index is -0.964. The van der Waals surface area contributed by atoms with E-state index in [4.69, 9.17) is 18.9 Å². The Bertz CT molecular complexity index is 1110. The minimum absolute atomic E-state index is 0.246. The van der Waals surface area contributed by atoms with Gasteiger partial charge in [-0.05, 0) is 42.7 Å². The molecule has 1 aliphatic carbocycles. The predicted octanol–water partition coefficient (Wildman–Crippen LogP) is 4.38. The SMILES string of the molecule is CCSCCOC(=O)C1=C(C)NC2=C(C(=O)[C@@H](C(=O)OC)[C@H](C)C2)[C@H]1c1cc(OC)c(OC)cc1Br. The Morgan fingerprint density at radius 3 is 2.44 bits per heavy atom. The van der Waals surface area contributed by atoms with Crippen LogP contribution in [0.3, 0.4) is 0 Å². The molecule has 3 atom stereocenters.